The number of amides is 2. The highest BCUT2D eigenvalue weighted by Gasteiger charge is 2.56. The molecule has 2 amide bonds. The number of pyridine rings is 1. The van der Waals surface area contributed by atoms with Crippen LogP contribution >= 0.6 is 9.24 Å². The highest BCUT2D eigenvalue weighted by atomic mass is 31.0. The van der Waals surface area contributed by atoms with E-state index in [0.29, 0.717) is 53.8 Å². The highest BCUT2D eigenvalue weighted by molar-refractivity contribution is 7.27. The summed E-state index contributed by atoms with van der Waals surface area (Å²) in [6, 6.07) is 18.5. The number of hydrogen-bond donors (Lipinski definition) is 2. The van der Waals surface area contributed by atoms with Crippen molar-refractivity contribution in [3.8, 4) is 23.0 Å². The normalized spacial score (nSPS) is 16.0. The number of nitrogens with zero attached hydrogens (tertiary/aromatic N) is 3. The van der Waals surface area contributed by atoms with Crippen molar-refractivity contribution in [3.63, 3.8) is 0 Å². The Bertz CT molecular complexity index is 1750. The zero-order valence-corrected chi connectivity index (χ0v) is 28.3. The molecule has 1 aliphatic heterocycles. The largest absolute Gasteiger partial charge is 0.493 e. The zero-order valence-electron chi connectivity index (χ0n) is 27.2. The van der Waals surface area contributed by atoms with Crippen molar-refractivity contribution in [2.75, 3.05) is 64.1 Å². The van der Waals surface area contributed by atoms with Gasteiger partial charge in [-0.3, -0.25) is 14.6 Å². The molecule has 11 heteroatoms. The van der Waals surface area contributed by atoms with E-state index in [-0.39, 0.29) is 11.8 Å². The maximum absolute atomic E-state index is 13.2. The summed E-state index contributed by atoms with van der Waals surface area (Å²) in [5.41, 5.74) is 2.02. The third-order valence-electron chi connectivity index (χ3n) is 8.88. The number of aryl methyl sites for hydroxylation is 1. The van der Waals surface area contributed by atoms with Crippen molar-refractivity contribution >= 4 is 48.6 Å². The minimum atomic E-state index is -1.07. The van der Waals surface area contributed by atoms with Gasteiger partial charge in [0.1, 0.15) is 16.9 Å². The van der Waals surface area contributed by atoms with Gasteiger partial charge in [0.05, 0.1) is 19.2 Å². The van der Waals surface area contributed by atoms with Crippen LogP contribution in [0.3, 0.4) is 0 Å². The number of nitrogens with one attached hydrogen (secondary N) is 2. The number of hydrogen-bond acceptors (Lipinski definition) is 8. The number of aromatic nitrogens is 1. The number of fused-ring (bicyclic) bond motifs is 1. The number of benzene rings is 3. The van der Waals surface area contributed by atoms with Crippen LogP contribution in [0, 0.1) is 12.3 Å². The molecule has 2 fully saturated rings. The van der Waals surface area contributed by atoms with Crippen molar-refractivity contribution in [2.45, 2.75) is 26.2 Å². The van der Waals surface area contributed by atoms with Gasteiger partial charge < -0.3 is 34.6 Å². The first kappa shape index (κ1) is 32.7. The Morgan fingerprint density at radius 2 is 1.57 bits per heavy atom. The summed E-state index contributed by atoms with van der Waals surface area (Å²) in [6.07, 6.45) is 3.65. The summed E-state index contributed by atoms with van der Waals surface area (Å²) in [5, 5.41) is 7.35. The van der Waals surface area contributed by atoms with Crippen molar-refractivity contribution in [2.24, 2.45) is 5.41 Å². The van der Waals surface area contributed by atoms with Crippen LogP contribution < -0.4 is 30.1 Å². The standard InChI is InChI=1S/C36H42N5O5P/c1-24-5-7-25(8-6-24)38-34(42)36(12-13-36)35(43)39-26-9-10-30(33(47)21-26)46-29-11-14-37-28-23-32(31(44-3)22-27(28)29)45-20-4-15-41-18-16-40(2)17-19-41/h5-11,14,21-23H,4,12-13,15-20,47H2,1-3H3,(H,38,42)(H,39,43). The predicted octanol–water partition coefficient (Wildman–Crippen LogP) is 5.22. The van der Waals surface area contributed by atoms with E-state index < -0.39 is 5.41 Å². The Morgan fingerprint density at radius 1 is 0.872 bits per heavy atom. The molecule has 10 nitrogen and oxygen atoms in total. The number of carbonyl (C=O) groups is 2. The first-order chi connectivity index (χ1) is 22.7. The second kappa shape index (κ2) is 14.3. The lowest BCUT2D eigenvalue weighted by atomic mass is 10.0. The van der Waals surface area contributed by atoms with E-state index in [1.807, 2.05) is 55.5 Å². The molecule has 0 radical (unpaired) electrons. The van der Waals surface area contributed by atoms with Gasteiger partial charge in [0.25, 0.3) is 0 Å². The average Bonchev–Trinajstić information content (AvgIpc) is 3.89. The topological polar surface area (TPSA) is 105 Å². The predicted molar refractivity (Wildman–Crippen MR) is 188 cm³/mol. The van der Waals surface area contributed by atoms with Gasteiger partial charge in [0, 0.05) is 67.1 Å². The summed E-state index contributed by atoms with van der Waals surface area (Å²) in [6.45, 7) is 7.96. The van der Waals surface area contributed by atoms with Gasteiger partial charge in [-0.2, -0.15) is 0 Å². The van der Waals surface area contributed by atoms with Gasteiger partial charge in [-0.1, -0.05) is 17.7 Å². The summed E-state index contributed by atoms with van der Waals surface area (Å²) >= 11 is 0. The molecule has 0 spiro atoms. The Kier molecular flexibility index (Phi) is 9.92. The summed E-state index contributed by atoms with van der Waals surface area (Å²) in [5.74, 6) is 1.87. The number of carbonyl (C=O) groups excluding carboxylic acids is 2. The van der Waals surface area contributed by atoms with Crippen molar-refractivity contribution < 1.29 is 23.8 Å². The van der Waals surface area contributed by atoms with E-state index >= 15 is 0 Å². The van der Waals surface area contributed by atoms with E-state index in [2.05, 4.69) is 41.7 Å². The molecule has 1 unspecified atom stereocenters. The SMILES string of the molecule is COc1cc2c(Oc3ccc(NC(=O)C4(C(=O)Nc5ccc(C)cc5)CC4)cc3P)ccnc2cc1OCCCN1CCN(C)CC1. The molecule has 6 rings (SSSR count). The molecule has 3 aromatic carbocycles. The van der Waals surface area contributed by atoms with E-state index in [9.17, 15) is 9.59 Å². The van der Waals surface area contributed by atoms with Crippen LogP contribution in [0.4, 0.5) is 11.4 Å². The molecule has 246 valence electrons. The lowest BCUT2D eigenvalue weighted by molar-refractivity contribution is -0.131. The van der Waals surface area contributed by atoms with Crippen LogP contribution in [0.5, 0.6) is 23.0 Å². The van der Waals surface area contributed by atoms with E-state index in [1.165, 1.54) is 0 Å². The Labute approximate surface area is 278 Å². The monoisotopic (exact) mass is 655 g/mol. The molecule has 4 aromatic rings. The van der Waals surface area contributed by atoms with Crippen LogP contribution in [0.25, 0.3) is 10.9 Å². The highest BCUT2D eigenvalue weighted by Crippen LogP contribution is 2.47. The number of likely N-dealkylation sites (N-methyl/N-ethyl adjacent to an activating group) is 1. The van der Waals surface area contributed by atoms with Crippen LogP contribution in [-0.4, -0.2) is 80.1 Å². The van der Waals surface area contributed by atoms with Crippen molar-refractivity contribution in [3.05, 3.63) is 72.4 Å². The molecular formula is C36H42N5O5P. The van der Waals surface area contributed by atoms with Crippen LogP contribution in [0.15, 0.2) is 66.9 Å². The molecule has 1 aliphatic carbocycles. The van der Waals surface area contributed by atoms with E-state index in [1.54, 1.807) is 25.4 Å². The second-order valence-corrected chi connectivity index (χ2v) is 13.0. The van der Waals surface area contributed by atoms with E-state index in [4.69, 9.17) is 14.2 Å². The summed E-state index contributed by atoms with van der Waals surface area (Å²) in [4.78, 5) is 35.6. The number of ether oxygens (including phenoxy) is 3. The molecule has 1 saturated carbocycles. The average molecular weight is 656 g/mol. The van der Waals surface area contributed by atoms with Crippen LogP contribution in [0.2, 0.25) is 0 Å². The Morgan fingerprint density at radius 3 is 2.26 bits per heavy atom. The molecular weight excluding hydrogens is 613 g/mol. The Balaban J connectivity index is 1.09. The van der Waals surface area contributed by atoms with Gasteiger partial charge in [0.2, 0.25) is 11.8 Å². The first-order valence-electron chi connectivity index (χ1n) is 16.0. The molecule has 2 N–H and O–H groups in total. The Hall–Kier alpha value is -4.24. The molecule has 1 aromatic heterocycles. The van der Waals surface area contributed by atoms with Gasteiger partial charge in [0.15, 0.2) is 11.5 Å². The maximum Gasteiger partial charge on any atom is 0.240 e. The smallest absolute Gasteiger partial charge is 0.240 e. The minimum Gasteiger partial charge on any atom is -0.493 e. The second-order valence-electron chi connectivity index (χ2n) is 12.4. The number of piperazine rings is 1. The summed E-state index contributed by atoms with van der Waals surface area (Å²) < 4.78 is 18.2. The third kappa shape index (κ3) is 7.67. The molecule has 2 heterocycles. The third-order valence-corrected chi connectivity index (χ3v) is 9.33. The fourth-order valence-corrected chi connectivity index (χ4v) is 6.02. The quantitative estimate of drug-likeness (QED) is 0.122. The minimum absolute atomic E-state index is 0.288. The summed E-state index contributed by atoms with van der Waals surface area (Å²) in [7, 11) is 6.45. The molecule has 1 atom stereocenters. The lowest BCUT2D eigenvalue weighted by Crippen LogP contribution is -2.44. The van der Waals surface area contributed by atoms with Crippen LogP contribution in [-0.2, 0) is 9.59 Å². The number of anilines is 2. The van der Waals surface area contributed by atoms with Gasteiger partial charge in [-0.15, -0.1) is 9.24 Å². The van der Waals surface area contributed by atoms with Gasteiger partial charge in [-0.05, 0) is 75.7 Å². The van der Waals surface area contributed by atoms with Gasteiger partial charge >= 0.3 is 0 Å². The molecule has 47 heavy (non-hydrogen) atoms. The molecule has 0 bridgehead atoms. The van der Waals surface area contributed by atoms with Crippen molar-refractivity contribution in [1.29, 1.82) is 0 Å². The fourth-order valence-electron chi connectivity index (χ4n) is 5.69. The number of methoxy groups -OCH3 is 1. The van der Waals surface area contributed by atoms with E-state index in [0.717, 1.165) is 60.9 Å². The van der Waals surface area contributed by atoms with Crippen molar-refractivity contribution in [1.82, 2.24) is 14.8 Å². The molecule has 1 saturated heterocycles. The maximum atomic E-state index is 13.2. The van der Waals surface area contributed by atoms with Crippen LogP contribution in [0.1, 0.15) is 24.8 Å². The first-order valence-corrected chi connectivity index (χ1v) is 16.6. The number of rotatable bonds is 12. The molecule has 2 aliphatic rings. The van der Waals surface area contributed by atoms with Gasteiger partial charge in [-0.25, -0.2) is 0 Å². The lowest BCUT2D eigenvalue weighted by Gasteiger charge is -2.32. The zero-order chi connectivity index (χ0) is 33.0. The fraction of sp³-hybridized carbons (Fsp3) is 0.361.